The molecule has 1 unspecified atom stereocenters. The number of hydrogen-bond acceptors (Lipinski definition) is 3. The summed E-state index contributed by atoms with van der Waals surface area (Å²) >= 11 is 0. The summed E-state index contributed by atoms with van der Waals surface area (Å²) < 4.78 is 48.9. The number of rotatable bonds is 2. The van der Waals surface area contributed by atoms with E-state index in [0.717, 1.165) is 6.07 Å². The molecular formula is C11H12F2O3S. The third kappa shape index (κ3) is 2.63. The lowest BCUT2D eigenvalue weighted by molar-refractivity contribution is 0.0671. The van der Waals surface area contributed by atoms with E-state index in [2.05, 4.69) is 0 Å². The average Bonchev–Trinajstić information content (AvgIpc) is 2.49. The Morgan fingerprint density at radius 1 is 1.35 bits per heavy atom. The van der Waals surface area contributed by atoms with Gasteiger partial charge in [-0.1, -0.05) is 12.1 Å². The topological polar surface area (TPSA) is 54.4 Å². The van der Waals surface area contributed by atoms with Crippen LogP contribution in [-0.4, -0.2) is 30.6 Å². The molecule has 6 heteroatoms. The van der Waals surface area contributed by atoms with Gasteiger partial charge in [-0.15, -0.1) is 0 Å². The zero-order valence-electron chi connectivity index (χ0n) is 8.99. The van der Waals surface area contributed by atoms with E-state index in [1.165, 1.54) is 12.1 Å². The molecule has 3 nitrogen and oxygen atoms in total. The smallest absolute Gasteiger partial charge is 0.162 e. The highest BCUT2D eigenvalue weighted by Gasteiger charge is 2.41. The summed E-state index contributed by atoms with van der Waals surface area (Å²) in [4.78, 5) is 0. The maximum absolute atomic E-state index is 13.4. The number of hydrogen-bond donors (Lipinski definition) is 1. The van der Waals surface area contributed by atoms with E-state index in [0.29, 0.717) is 0 Å². The van der Waals surface area contributed by atoms with Gasteiger partial charge in [0.15, 0.2) is 21.5 Å². The fraction of sp³-hybridized carbons (Fsp3) is 0.455. The molecule has 0 bridgehead atoms. The van der Waals surface area contributed by atoms with Crippen molar-refractivity contribution in [3.63, 3.8) is 0 Å². The van der Waals surface area contributed by atoms with Crippen LogP contribution in [0.2, 0.25) is 0 Å². The van der Waals surface area contributed by atoms with Crippen LogP contribution in [0.5, 0.6) is 0 Å². The molecule has 0 radical (unpaired) electrons. The first-order valence-corrected chi connectivity index (χ1v) is 6.99. The quantitative estimate of drug-likeness (QED) is 0.867. The minimum atomic E-state index is -3.26. The summed E-state index contributed by atoms with van der Waals surface area (Å²) in [6.07, 6.45) is -0.124. The van der Waals surface area contributed by atoms with E-state index < -0.39 is 32.8 Å². The van der Waals surface area contributed by atoms with Crippen molar-refractivity contribution in [2.75, 3.05) is 11.5 Å². The monoisotopic (exact) mass is 262 g/mol. The van der Waals surface area contributed by atoms with Gasteiger partial charge in [-0.05, 0) is 18.1 Å². The van der Waals surface area contributed by atoms with Crippen LogP contribution in [0.1, 0.15) is 12.0 Å². The summed E-state index contributed by atoms with van der Waals surface area (Å²) in [7, 11) is -3.26. The van der Waals surface area contributed by atoms with Crippen molar-refractivity contribution < 1.29 is 22.3 Å². The van der Waals surface area contributed by atoms with Crippen molar-refractivity contribution >= 4 is 9.84 Å². The van der Waals surface area contributed by atoms with E-state index in [4.69, 9.17) is 0 Å². The van der Waals surface area contributed by atoms with E-state index in [-0.39, 0.29) is 24.2 Å². The van der Waals surface area contributed by atoms with E-state index >= 15 is 0 Å². The molecule has 17 heavy (non-hydrogen) atoms. The van der Waals surface area contributed by atoms with Crippen LogP contribution in [0.25, 0.3) is 0 Å². The molecule has 1 aliphatic heterocycles. The first-order chi connectivity index (χ1) is 7.81. The second-order valence-electron chi connectivity index (χ2n) is 4.46. The molecule has 1 heterocycles. The first kappa shape index (κ1) is 12.4. The Hall–Kier alpha value is -1.01. The molecule has 0 aliphatic carbocycles. The standard InChI is InChI=1S/C11H12F2O3S/c12-9-3-1-2-8(10(9)13)6-11(14)4-5-17(15,16)7-11/h1-3,14H,4-7H2. The lowest BCUT2D eigenvalue weighted by Gasteiger charge is -2.20. The minimum absolute atomic E-state index is 0.00426. The van der Waals surface area contributed by atoms with Gasteiger partial charge in [0.05, 0.1) is 17.1 Å². The van der Waals surface area contributed by atoms with Crippen molar-refractivity contribution in [1.29, 1.82) is 0 Å². The zero-order valence-corrected chi connectivity index (χ0v) is 9.80. The SMILES string of the molecule is O=S1(=O)CCC(O)(Cc2cccc(F)c2F)C1. The zero-order chi connectivity index (χ0) is 12.7. The Morgan fingerprint density at radius 2 is 2.06 bits per heavy atom. The Bertz CT molecular complexity index is 542. The lowest BCUT2D eigenvalue weighted by Crippen LogP contribution is -2.33. The first-order valence-electron chi connectivity index (χ1n) is 5.17. The third-order valence-electron chi connectivity index (χ3n) is 2.92. The average molecular weight is 262 g/mol. The second kappa shape index (κ2) is 4.03. The van der Waals surface area contributed by atoms with Crippen LogP contribution in [0.3, 0.4) is 0 Å². The van der Waals surface area contributed by atoms with Crippen LogP contribution in [0, 0.1) is 11.6 Å². The molecule has 0 spiro atoms. The normalized spacial score (nSPS) is 27.2. The fourth-order valence-electron chi connectivity index (χ4n) is 2.08. The van der Waals surface area contributed by atoms with Crippen LogP contribution in [0.15, 0.2) is 18.2 Å². The molecule has 1 saturated heterocycles. The highest BCUT2D eigenvalue weighted by molar-refractivity contribution is 7.91. The molecule has 1 aromatic rings. The van der Waals surface area contributed by atoms with Gasteiger partial charge in [0, 0.05) is 6.42 Å². The van der Waals surface area contributed by atoms with Crippen LogP contribution in [0.4, 0.5) is 8.78 Å². The van der Waals surface area contributed by atoms with Gasteiger partial charge in [-0.25, -0.2) is 17.2 Å². The van der Waals surface area contributed by atoms with Gasteiger partial charge >= 0.3 is 0 Å². The van der Waals surface area contributed by atoms with Crippen LogP contribution < -0.4 is 0 Å². The predicted octanol–water partition coefficient (Wildman–Crippen LogP) is 1.06. The van der Waals surface area contributed by atoms with E-state index in [1.54, 1.807) is 0 Å². The van der Waals surface area contributed by atoms with Crippen molar-refractivity contribution in [3.8, 4) is 0 Å². The van der Waals surface area contributed by atoms with Crippen LogP contribution >= 0.6 is 0 Å². The van der Waals surface area contributed by atoms with E-state index in [9.17, 15) is 22.3 Å². The number of sulfone groups is 1. The van der Waals surface area contributed by atoms with Crippen molar-refractivity contribution in [2.24, 2.45) is 0 Å². The van der Waals surface area contributed by atoms with Gasteiger partial charge in [0.2, 0.25) is 0 Å². The lowest BCUT2D eigenvalue weighted by atomic mass is 9.94. The molecule has 0 saturated carbocycles. The fourth-order valence-corrected chi connectivity index (χ4v) is 3.98. The molecule has 1 aliphatic rings. The van der Waals surface area contributed by atoms with Crippen molar-refractivity contribution in [1.82, 2.24) is 0 Å². The molecule has 1 N–H and O–H groups in total. The Balaban J connectivity index is 2.25. The number of halogens is 2. The maximum Gasteiger partial charge on any atom is 0.162 e. The highest BCUT2D eigenvalue weighted by atomic mass is 32.2. The molecule has 2 rings (SSSR count). The summed E-state index contributed by atoms with van der Waals surface area (Å²) in [5.74, 6) is -2.52. The number of benzene rings is 1. The summed E-state index contributed by atoms with van der Waals surface area (Å²) in [5.41, 5.74) is -1.47. The maximum atomic E-state index is 13.4. The largest absolute Gasteiger partial charge is 0.388 e. The van der Waals surface area contributed by atoms with Gasteiger partial charge in [0.25, 0.3) is 0 Å². The van der Waals surface area contributed by atoms with Gasteiger partial charge in [-0.3, -0.25) is 0 Å². The molecule has 0 amide bonds. The summed E-state index contributed by atoms with van der Waals surface area (Å²) in [6.45, 7) is 0. The molecule has 0 aromatic heterocycles. The van der Waals surface area contributed by atoms with Crippen molar-refractivity contribution in [3.05, 3.63) is 35.4 Å². The predicted molar refractivity (Wildman–Crippen MR) is 58.3 cm³/mol. The highest BCUT2D eigenvalue weighted by Crippen LogP contribution is 2.28. The Labute approximate surface area is 98.0 Å². The molecular weight excluding hydrogens is 250 g/mol. The third-order valence-corrected chi connectivity index (χ3v) is 4.72. The van der Waals surface area contributed by atoms with E-state index in [1.807, 2.05) is 0 Å². The second-order valence-corrected chi connectivity index (χ2v) is 6.64. The van der Waals surface area contributed by atoms with Gasteiger partial charge in [0.1, 0.15) is 0 Å². The molecule has 1 atom stereocenters. The molecule has 94 valence electrons. The van der Waals surface area contributed by atoms with Gasteiger partial charge in [-0.2, -0.15) is 0 Å². The van der Waals surface area contributed by atoms with Gasteiger partial charge < -0.3 is 5.11 Å². The molecule has 1 aromatic carbocycles. The summed E-state index contributed by atoms with van der Waals surface area (Å²) in [5, 5.41) is 10.0. The van der Waals surface area contributed by atoms with Crippen molar-refractivity contribution in [2.45, 2.75) is 18.4 Å². The molecule has 1 fully saturated rings. The van der Waals surface area contributed by atoms with Crippen LogP contribution in [-0.2, 0) is 16.3 Å². The Kier molecular flexibility index (Phi) is 2.95. The number of aliphatic hydroxyl groups is 1. The Morgan fingerprint density at radius 3 is 2.65 bits per heavy atom. The minimum Gasteiger partial charge on any atom is -0.388 e. The summed E-state index contributed by atoms with van der Waals surface area (Å²) in [6, 6.07) is 3.66.